The number of rotatable bonds is 8. The molecule has 0 radical (unpaired) electrons. The van der Waals surface area contributed by atoms with Crippen molar-refractivity contribution in [1.82, 2.24) is 5.32 Å². The second-order valence-corrected chi connectivity index (χ2v) is 10.5. The first-order valence-corrected chi connectivity index (χ1v) is 11.6. The minimum Gasteiger partial charge on any atom is -0.496 e. The molecule has 1 aromatic carbocycles. The van der Waals surface area contributed by atoms with Crippen LogP contribution in [-0.2, 0) is 13.0 Å². The van der Waals surface area contributed by atoms with Crippen molar-refractivity contribution in [3.05, 3.63) is 44.6 Å². The van der Waals surface area contributed by atoms with Crippen LogP contribution >= 0.6 is 11.3 Å². The van der Waals surface area contributed by atoms with E-state index >= 15 is 0 Å². The van der Waals surface area contributed by atoms with E-state index in [0.717, 1.165) is 16.9 Å². The van der Waals surface area contributed by atoms with Crippen molar-refractivity contribution in [3.8, 4) is 11.5 Å². The average molecular weight is 446 g/mol. The minimum absolute atomic E-state index is 0.00261. The molecule has 1 amide bonds. The normalized spacial score (nSPS) is 21.6. The third-order valence-electron chi connectivity index (χ3n) is 6.82. The van der Waals surface area contributed by atoms with Crippen LogP contribution in [0.25, 0.3) is 0 Å². The van der Waals surface area contributed by atoms with Gasteiger partial charge < -0.3 is 25.0 Å². The van der Waals surface area contributed by atoms with Crippen LogP contribution in [0.2, 0.25) is 0 Å². The predicted molar refractivity (Wildman–Crippen MR) is 120 cm³/mol. The average Bonchev–Trinajstić information content (AvgIpc) is 3.25. The van der Waals surface area contributed by atoms with Gasteiger partial charge in [-0.25, -0.2) is 0 Å². The number of benzene rings is 1. The molecule has 0 spiro atoms. The molecule has 0 aliphatic heterocycles. The minimum atomic E-state index is -0.929. The van der Waals surface area contributed by atoms with Gasteiger partial charge in [-0.1, -0.05) is 13.8 Å². The van der Waals surface area contributed by atoms with Crippen molar-refractivity contribution in [2.24, 2.45) is 11.3 Å². The lowest BCUT2D eigenvalue weighted by Crippen LogP contribution is -2.40. The van der Waals surface area contributed by atoms with Crippen molar-refractivity contribution >= 4 is 17.2 Å². The maximum Gasteiger partial charge on any atom is 0.261 e. The maximum absolute atomic E-state index is 13.0. The molecule has 0 bridgehead atoms. The van der Waals surface area contributed by atoms with Gasteiger partial charge in [0.2, 0.25) is 0 Å². The third kappa shape index (κ3) is 4.06. The number of aliphatic hydroxyl groups excluding tert-OH is 2. The summed E-state index contributed by atoms with van der Waals surface area (Å²) in [5.74, 6) is 2.39. The van der Waals surface area contributed by atoms with Gasteiger partial charge in [-0.3, -0.25) is 4.79 Å². The molecule has 2 aliphatic rings. The highest BCUT2D eigenvalue weighted by atomic mass is 32.1. The Balaban J connectivity index is 1.43. The Morgan fingerprint density at radius 2 is 2.16 bits per heavy atom. The van der Waals surface area contributed by atoms with Crippen molar-refractivity contribution in [2.75, 3.05) is 20.3 Å². The Labute approximate surface area is 187 Å². The van der Waals surface area contributed by atoms with Crippen LogP contribution in [0.3, 0.4) is 0 Å². The number of hydrogen-bond donors (Lipinski definition) is 3. The monoisotopic (exact) mass is 445 g/mol. The molecule has 3 atom stereocenters. The molecule has 1 aromatic heterocycles. The lowest BCUT2D eigenvalue weighted by molar-refractivity contribution is 0.0518. The summed E-state index contributed by atoms with van der Waals surface area (Å²) in [5.41, 5.74) is 3.91. The Morgan fingerprint density at radius 1 is 1.39 bits per heavy atom. The fourth-order valence-electron chi connectivity index (χ4n) is 5.12. The highest BCUT2D eigenvalue weighted by Crippen LogP contribution is 2.63. The molecular formula is C24H31NO5S. The number of hydrogen-bond acceptors (Lipinski definition) is 6. The Bertz CT molecular complexity index is 983. The number of thiophene rings is 1. The fraction of sp³-hybridized carbons (Fsp3) is 0.542. The van der Waals surface area contributed by atoms with Gasteiger partial charge in [0.15, 0.2) is 0 Å². The molecule has 0 saturated heterocycles. The van der Waals surface area contributed by atoms with Gasteiger partial charge in [0.1, 0.15) is 24.2 Å². The van der Waals surface area contributed by atoms with Crippen LogP contribution in [-0.4, -0.2) is 42.5 Å². The van der Waals surface area contributed by atoms with E-state index in [1.807, 2.05) is 6.07 Å². The molecule has 3 N–H and O–H groups in total. The van der Waals surface area contributed by atoms with E-state index in [9.17, 15) is 9.90 Å². The van der Waals surface area contributed by atoms with Gasteiger partial charge in [0, 0.05) is 23.1 Å². The predicted octanol–water partition coefficient (Wildman–Crippen LogP) is 3.41. The first-order chi connectivity index (χ1) is 14.7. The molecule has 1 heterocycles. The van der Waals surface area contributed by atoms with Gasteiger partial charge in [-0.05, 0) is 60.3 Å². The summed E-state index contributed by atoms with van der Waals surface area (Å²) in [6, 6.07) is 5.33. The molecule has 31 heavy (non-hydrogen) atoms. The molecular weight excluding hydrogens is 414 g/mol. The van der Waals surface area contributed by atoms with E-state index < -0.39 is 6.10 Å². The Hall–Kier alpha value is -2.09. The van der Waals surface area contributed by atoms with Crippen LogP contribution in [0.4, 0.5) is 0 Å². The number of nitrogens with one attached hydrogen (secondary N) is 1. The molecule has 1 unspecified atom stereocenters. The highest BCUT2D eigenvalue weighted by Gasteiger charge is 2.53. The number of aliphatic hydroxyl groups is 2. The summed E-state index contributed by atoms with van der Waals surface area (Å²) in [5, 5.41) is 21.4. The van der Waals surface area contributed by atoms with Gasteiger partial charge >= 0.3 is 0 Å². The number of ether oxygens (including phenoxy) is 2. The second-order valence-electron chi connectivity index (χ2n) is 9.29. The van der Waals surface area contributed by atoms with Crippen LogP contribution in [0.5, 0.6) is 11.5 Å². The summed E-state index contributed by atoms with van der Waals surface area (Å²) >= 11 is 1.62. The highest BCUT2D eigenvalue weighted by molar-refractivity contribution is 7.14. The van der Waals surface area contributed by atoms with Gasteiger partial charge in [0.05, 0.1) is 18.6 Å². The van der Waals surface area contributed by atoms with E-state index in [1.54, 1.807) is 30.6 Å². The van der Waals surface area contributed by atoms with Crippen LogP contribution in [0.1, 0.15) is 57.4 Å². The van der Waals surface area contributed by atoms with Crippen LogP contribution < -0.4 is 14.8 Å². The van der Waals surface area contributed by atoms with E-state index in [1.165, 1.54) is 22.4 Å². The molecule has 168 valence electrons. The Kier molecular flexibility index (Phi) is 6.03. The number of carbonyl (C=O) groups excluding carboxylic acids is 1. The largest absolute Gasteiger partial charge is 0.496 e. The smallest absolute Gasteiger partial charge is 0.261 e. The maximum atomic E-state index is 13.0. The van der Waals surface area contributed by atoms with E-state index in [-0.39, 0.29) is 19.1 Å². The van der Waals surface area contributed by atoms with Crippen molar-refractivity contribution in [1.29, 1.82) is 0 Å². The quantitative estimate of drug-likeness (QED) is 0.580. The standard InChI is InChI=1S/C24H31NO5S/c1-13-21-17(8-19-18(21)9-24(19,2)3)22(31-13)23(28)25-10-14-5-6-16(7-20(14)29-4)30-12-15(27)11-26/h5-7,15,18-19,26-27H,8-12H2,1-4H3,(H,25,28)/t15-,18-,19?/m1/s1. The van der Waals surface area contributed by atoms with Gasteiger partial charge in [-0.2, -0.15) is 0 Å². The number of methoxy groups -OCH3 is 1. The summed E-state index contributed by atoms with van der Waals surface area (Å²) in [6.45, 7) is 6.81. The molecule has 2 aromatic rings. The van der Waals surface area contributed by atoms with E-state index in [4.69, 9.17) is 14.6 Å². The van der Waals surface area contributed by atoms with Crippen LogP contribution in [0.15, 0.2) is 18.2 Å². The summed E-state index contributed by atoms with van der Waals surface area (Å²) in [7, 11) is 1.57. The van der Waals surface area contributed by atoms with Crippen molar-refractivity contribution in [2.45, 2.75) is 52.2 Å². The molecule has 1 fully saturated rings. The zero-order valence-corrected chi connectivity index (χ0v) is 19.3. The number of carbonyl (C=O) groups is 1. The first-order valence-electron chi connectivity index (χ1n) is 10.7. The molecule has 1 saturated carbocycles. The first kappa shape index (κ1) is 22.1. The molecule has 6 nitrogen and oxygen atoms in total. The van der Waals surface area contributed by atoms with Crippen molar-refractivity contribution in [3.63, 3.8) is 0 Å². The van der Waals surface area contributed by atoms with Gasteiger partial charge in [-0.15, -0.1) is 11.3 Å². The van der Waals surface area contributed by atoms with E-state index in [0.29, 0.717) is 35.3 Å². The van der Waals surface area contributed by atoms with E-state index in [2.05, 4.69) is 26.1 Å². The number of aryl methyl sites for hydroxylation is 1. The third-order valence-corrected chi connectivity index (χ3v) is 7.98. The number of fused-ring (bicyclic) bond motifs is 3. The number of amides is 1. The molecule has 2 aliphatic carbocycles. The molecule has 7 heteroatoms. The van der Waals surface area contributed by atoms with Crippen molar-refractivity contribution < 1.29 is 24.5 Å². The lowest BCUT2D eigenvalue weighted by Gasteiger charge is -2.48. The molecule has 4 rings (SSSR count). The van der Waals surface area contributed by atoms with Gasteiger partial charge in [0.25, 0.3) is 5.91 Å². The summed E-state index contributed by atoms with van der Waals surface area (Å²) in [6.07, 6.45) is 1.29. The topological polar surface area (TPSA) is 88.0 Å². The Morgan fingerprint density at radius 3 is 2.84 bits per heavy atom. The summed E-state index contributed by atoms with van der Waals surface area (Å²) < 4.78 is 10.9. The summed E-state index contributed by atoms with van der Waals surface area (Å²) in [4.78, 5) is 15.2. The van der Waals surface area contributed by atoms with Crippen LogP contribution in [0, 0.1) is 18.3 Å². The SMILES string of the molecule is COc1cc(OC[C@H](O)CO)ccc1CNC(=O)c1sc(C)c2c1CC1[C@H]2CC1(C)C. The zero-order chi connectivity index (χ0) is 22.3. The second kappa shape index (κ2) is 8.45. The zero-order valence-electron chi connectivity index (χ0n) is 18.5. The lowest BCUT2D eigenvalue weighted by atomic mass is 9.56. The fourth-order valence-corrected chi connectivity index (χ4v) is 6.30.